The van der Waals surface area contributed by atoms with E-state index in [1.54, 1.807) is 13.2 Å². The molecular formula is C17H19NO4. The number of anilines is 1. The number of rotatable bonds is 5. The highest BCUT2D eigenvalue weighted by atomic mass is 16.7. The van der Waals surface area contributed by atoms with Gasteiger partial charge in [-0.05, 0) is 29.8 Å². The van der Waals surface area contributed by atoms with Gasteiger partial charge in [-0.1, -0.05) is 12.1 Å². The first kappa shape index (κ1) is 14.7. The molecule has 1 fully saturated rings. The van der Waals surface area contributed by atoms with Crippen molar-refractivity contribution in [3.05, 3.63) is 53.6 Å². The van der Waals surface area contributed by atoms with Crippen LogP contribution in [0.15, 0.2) is 42.5 Å². The Bertz CT molecular complexity index is 621. The van der Waals surface area contributed by atoms with E-state index in [4.69, 9.17) is 24.7 Å². The predicted molar refractivity (Wildman–Crippen MR) is 82.8 cm³/mol. The molecule has 2 aromatic rings. The van der Waals surface area contributed by atoms with E-state index in [1.165, 1.54) is 0 Å². The van der Waals surface area contributed by atoms with Gasteiger partial charge in [0, 0.05) is 17.3 Å². The smallest absolute Gasteiger partial charge is 0.187 e. The molecule has 5 nitrogen and oxygen atoms in total. The van der Waals surface area contributed by atoms with Crippen molar-refractivity contribution in [1.29, 1.82) is 0 Å². The summed E-state index contributed by atoms with van der Waals surface area (Å²) in [6, 6.07) is 13.2. The maximum absolute atomic E-state index is 5.91. The Labute approximate surface area is 129 Å². The zero-order valence-corrected chi connectivity index (χ0v) is 12.5. The fourth-order valence-electron chi connectivity index (χ4n) is 2.29. The van der Waals surface area contributed by atoms with Crippen molar-refractivity contribution in [3.63, 3.8) is 0 Å². The van der Waals surface area contributed by atoms with Crippen LogP contribution in [0.1, 0.15) is 17.4 Å². The maximum Gasteiger partial charge on any atom is 0.187 e. The van der Waals surface area contributed by atoms with Gasteiger partial charge in [0.1, 0.15) is 18.1 Å². The van der Waals surface area contributed by atoms with Crippen LogP contribution in [0.2, 0.25) is 0 Å². The van der Waals surface area contributed by atoms with E-state index >= 15 is 0 Å². The van der Waals surface area contributed by atoms with Crippen molar-refractivity contribution in [2.45, 2.75) is 12.9 Å². The monoisotopic (exact) mass is 301 g/mol. The number of benzene rings is 2. The lowest BCUT2D eigenvalue weighted by Crippen LogP contribution is -2.04. The van der Waals surface area contributed by atoms with Crippen molar-refractivity contribution >= 4 is 5.69 Å². The molecule has 1 saturated heterocycles. The minimum absolute atomic E-state index is 0.383. The fraction of sp³-hybridized carbons (Fsp3) is 0.294. The zero-order valence-electron chi connectivity index (χ0n) is 12.5. The van der Waals surface area contributed by atoms with E-state index in [1.807, 2.05) is 36.4 Å². The van der Waals surface area contributed by atoms with Gasteiger partial charge in [0.2, 0.25) is 0 Å². The summed E-state index contributed by atoms with van der Waals surface area (Å²) >= 11 is 0. The quantitative estimate of drug-likeness (QED) is 0.860. The van der Waals surface area contributed by atoms with Gasteiger partial charge in [-0.25, -0.2) is 0 Å². The van der Waals surface area contributed by atoms with E-state index in [0.717, 1.165) is 16.9 Å². The van der Waals surface area contributed by atoms with Crippen molar-refractivity contribution in [1.82, 2.24) is 0 Å². The molecule has 22 heavy (non-hydrogen) atoms. The summed E-state index contributed by atoms with van der Waals surface area (Å²) in [4.78, 5) is 0. The standard InChI is InChI=1S/C17H19NO4/c1-19-14-5-2-12(3-6-14)11-22-16-10-13(18)4-7-15(16)17-20-8-9-21-17/h2-7,10,17H,8-9,11,18H2,1H3. The normalized spacial score (nSPS) is 15.0. The lowest BCUT2D eigenvalue weighted by molar-refractivity contribution is -0.0458. The van der Waals surface area contributed by atoms with Crippen LogP contribution in [0.3, 0.4) is 0 Å². The summed E-state index contributed by atoms with van der Waals surface area (Å²) in [5, 5.41) is 0. The van der Waals surface area contributed by atoms with Gasteiger partial charge in [-0.15, -0.1) is 0 Å². The molecule has 116 valence electrons. The highest BCUT2D eigenvalue weighted by Gasteiger charge is 2.22. The SMILES string of the molecule is COc1ccc(COc2cc(N)ccc2C2OCCO2)cc1. The number of nitrogen functional groups attached to an aromatic ring is 1. The Kier molecular flexibility index (Phi) is 4.46. The molecule has 0 atom stereocenters. The Morgan fingerprint density at radius 3 is 2.50 bits per heavy atom. The van der Waals surface area contributed by atoms with Gasteiger partial charge < -0.3 is 24.7 Å². The average Bonchev–Trinajstić information content (AvgIpc) is 3.08. The van der Waals surface area contributed by atoms with E-state index < -0.39 is 0 Å². The second-order valence-corrected chi connectivity index (χ2v) is 5.01. The number of ether oxygens (including phenoxy) is 4. The first-order valence-electron chi connectivity index (χ1n) is 7.14. The molecule has 2 N–H and O–H groups in total. The molecule has 1 aliphatic heterocycles. The lowest BCUT2D eigenvalue weighted by Gasteiger charge is -2.16. The molecule has 0 aromatic heterocycles. The van der Waals surface area contributed by atoms with Crippen molar-refractivity contribution in [2.75, 3.05) is 26.1 Å². The Morgan fingerprint density at radius 2 is 1.82 bits per heavy atom. The van der Waals surface area contributed by atoms with E-state index in [0.29, 0.717) is 31.3 Å². The number of hydrogen-bond acceptors (Lipinski definition) is 5. The highest BCUT2D eigenvalue weighted by molar-refractivity contribution is 5.49. The first-order chi connectivity index (χ1) is 10.8. The minimum atomic E-state index is -0.383. The van der Waals surface area contributed by atoms with Gasteiger partial charge in [-0.3, -0.25) is 0 Å². The van der Waals surface area contributed by atoms with Gasteiger partial charge in [-0.2, -0.15) is 0 Å². The maximum atomic E-state index is 5.91. The third kappa shape index (κ3) is 3.32. The van der Waals surface area contributed by atoms with Gasteiger partial charge >= 0.3 is 0 Å². The number of hydrogen-bond donors (Lipinski definition) is 1. The second-order valence-electron chi connectivity index (χ2n) is 5.01. The molecule has 1 heterocycles. The Hall–Kier alpha value is -2.24. The van der Waals surface area contributed by atoms with Crippen molar-refractivity contribution in [2.24, 2.45) is 0 Å². The largest absolute Gasteiger partial charge is 0.497 e. The molecule has 0 spiro atoms. The van der Waals surface area contributed by atoms with Crippen LogP contribution in [0.4, 0.5) is 5.69 Å². The Morgan fingerprint density at radius 1 is 1.09 bits per heavy atom. The van der Waals surface area contributed by atoms with Gasteiger partial charge in [0.05, 0.1) is 20.3 Å². The summed E-state index contributed by atoms with van der Waals surface area (Å²) in [7, 11) is 1.64. The van der Waals surface area contributed by atoms with Crippen LogP contribution in [0.5, 0.6) is 11.5 Å². The lowest BCUT2D eigenvalue weighted by atomic mass is 10.1. The molecule has 5 heteroatoms. The average molecular weight is 301 g/mol. The molecule has 0 amide bonds. The molecule has 0 unspecified atom stereocenters. The van der Waals surface area contributed by atoms with Crippen LogP contribution in [-0.2, 0) is 16.1 Å². The van der Waals surface area contributed by atoms with Crippen LogP contribution in [0, 0.1) is 0 Å². The zero-order chi connectivity index (χ0) is 15.4. The number of methoxy groups -OCH3 is 1. The summed E-state index contributed by atoms with van der Waals surface area (Å²) in [6.45, 7) is 1.62. The molecule has 0 bridgehead atoms. The summed E-state index contributed by atoms with van der Waals surface area (Å²) in [6.07, 6.45) is -0.383. The van der Waals surface area contributed by atoms with E-state index in [-0.39, 0.29) is 6.29 Å². The predicted octanol–water partition coefficient (Wildman–Crippen LogP) is 2.90. The second kappa shape index (κ2) is 6.68. The van der Waals surface area contributed by atoms with Crippen LogP contribution < -0.4 is 15.2 Å². The van der Waals surface area contributed by atoms with Gasteiger partial charge in [0.15, 0.2) is 6.29 Å². The van der Waals surface area contributed by atoms with Gasteiger partial charge in [0.25, 0.3) is 0 Å². The third-order valence-corrected chi connectivity index (χ3v) is 3.47. The van der Waals surface area contributed by atoms with E-state index in [9.17, 15) is 0 Å². The molecule has 0 radical (unpaired) electrons. The van der Waals surface area contributed by atoms with Crippen molar-refractivity contribution < 1.29 is 18.9 Å². The summed E-state index contributed by atoms with van der Waals surface area (Å²) in [5.74, 6) is 1.50. The molecule has 2 aromatic carbocycles. The van der Waals surface area contributed by atoms with E-state index in [2.05, 4.69) is 0 Å². The third-order valence-electron chi connectivity index (χ3n) is 3.47. The van der Waals surface area contributed by atoms with Crippen LogP contribution in [0.25, 0.3) is 0 Å². The topological polar surface area (TPSA) is 62.9 Å². The molecule has 3 rings (SSSR count). The first-order valence-corrected chi connectivity index (χ1v) is 7.14. The summed E-state index contributed by atoms with van der Waals surface area (Å²) in [5.41, 5.74) is 8.40. The Balaban J connectivity index is 1.74. The minimum Gasteiger partial charge on any atom is -0.497 e. The molecule has 0 saturated carbocycles. The molecule has 0 aliphatic carbocycles. The van der Waals surface area contributed by atoms with Crippen molar-refractivity contribution in [3.8, 4) is 11.5 Å². The van der Waals surface area contributed by atoms with Crippen LogP contribution in [-0.4, -0.2) is 20.3 Å². The fourth-order valence-corrected chi connectivity index (χ4v) is 2.29. The molecular weight excluding hydrogens is 282 g/mol. The molecule has 1 aliphatic rings. The number of nitrogens with two attached hydrogens (primary N) is 1. The highest BCUT2D eigenvalue weighted by Crippen LogP contribution is 2.33. The van der Waals surface area contributed by atoms with Crippen LogP contribution >= 0.6 is 0 Å². The summed E-state index contributed by atoms with van der Waals surface area (Å²) < 4.78 is 22.1.